The van der Waals surface area contributed by atoms with Gasteiger partial charge >= 0.3 is 35.4 Å². The van der Waals surface area contributed by atoms with Gasteiger partial charge in [-0.2, -0.15) is 0 Å². The topological polar surface area (TPSA) is 984 Å². The number of aliphatic carboxylic acids is 2. The van der Waals surface area contributed by atoms with Gasteiger partial charge in [-0.05, 0) is 6.92 Å². The zero-order valence-corrected chi connectivity index (χ0v) is 66.1. The number of aliphatic hydroxyl groups excluding tert-OH is 25. The van der Waals surface area contributed by atoms with Gasteiger partial charge in [-0.25, -0.2) is 23.3 Å². The van der Waals surface area contributed by atoms with Crippen molar-refractivity contribution in [1.29, 1.82) is 0 Å². The third-order valence-electron chi connectivity index (χ3n) is 21.4. The summed E-state index contributed by atoms with van der Waals surface area (Å²) in [6.45, 7) is -9.88. The second-order valence-electron chi connectivity index (χ2n) is 29.9. The molecule has 0 bridgehead atoms. The molecule has 9 aliphatic heterocycles. The Bertz CT molecular complexity index is 3510. The smallest absolute Gasteiger partial charge is 0.470 e. The van der Waals surface area contributed by atoms with Crippen LogP contribution >= 0.6 is 23.5 Å². The SMILES string of the molecule is C[C@@H]1O[C@@H](OC[C@H]2O[C@H](O[C@@H]3[C@H](O[C@@H]4O[C@H](CO[C@H]5O[C@H](CO)[C@@H](O)[C@H](O)[C@H]5O)[C@@H](O)[C@H](O)[C@H]4O)[C@@H](N)[C@@H](OC4C(O)C(OC5C(OP(=O)(O)O)C(O[C@H]6[C@@H]([C@H](O)CO)O[C@@](O)(C(=O)O)C[C@H]6O[C@]6(C(=O)O)C[C@@H](O)[C@@H](O)[C@@H]([C@H](O)CO)O6)OC(C(O)CO)C5OP(=O)(O)O)OC(C(CO)OP(=O)(O)O)C4O)O[C@@H]3CO)[C@H](O)[C@@H](O)[C@@H]2O)[C@H](O)[C@H](O)[C@H]1O. The number of phosphoric acid groups is 3. The lowest BCUT2D eigenvalue weighted by atomic mass is 9.89. The number of phosphoric ester groups is 3. The van der Waals surface area contributed by atoms with Crippen LogP contribution in [0.25, 0.3) is 0 Å². The van der Waals surface area contributed by atoms with E-state index in [1.807, 2.05) is 0 Å². The minimum absolute atomic E-state index is 0.989. The van der Waals surface area contributed by atoms with E-state index in [0.29, 0.717) is 0 Å². The Balaban J connectivity index is 1.14. The standard InChI is InChI=1S/C60H104NO59P3/c1-12-24(72)29(77)33(81)51(103-12)101-10-21-27(75)31(79)35(83)53(106-21)110-44-19(8-66)105-50(23(61)45(44)112-54-36(84)32(80)28(76)22(107-54)11-102-52-34(82)30(78)26(74)18(7-65)104-52)113-46-37(85)42(20(9-67)118-121(92,93)94)109-55(38(46)86)114-47-48(119-122(95,96)97)40(15(70)5-63)108-56(49(47)120-123(98,99)100)111-43-17(3-59(91,57(87)88)116-41(43)16(71)6-64)115-60(58(89)90)2-13(68)25(73)39(117-60)14(69)4-62/h12-56,62-86,91H,2-11,61H2,1H3,(H,87,88)(H,89,90)(H2,92,93,94)(H2,95,96,97)(H2,98,99,100)/t12-,13+,14+,15?,16+,17+,18+,19+,20?,21+,22+,23+,24-,25+,26+,27+,28+,29+,30-,31-,32-,33+,34+,35+,36+,37?,38?,39+,40?,41+,42?,43+,44-,45+,46?,47?,48?,49?,50+,51+,52-,53+,54-,55?,56?,59+,60+/m0/s1. The summed E-state index contributed by atoms with van der Waals surface area (Å²) in [4.78, 5) is 89.1. The number of hydrogen-bond acceptors (Lipinski definition) is 52. The Labute approximate surface area is 689 Å². The maximum Gasteiger partial charge on any atom is 0.470 e. The number of nitrogens with two attached hydrogens (primary N) is 1. The van der Waals surface area contributed by atoms with Crippen LogP contribution in [0.15, 0.2) is 0 Å². The summed E-state index contributed by atoms with van der Waals surface area (Å²) in [6, 6.07) is -2.46. The van der Waals surface area contributed by atoms with E-state index in [0.717, 1.165) is 0 Å². The molecule has 123 heavy (non-hydrogen) atoms. The van der Waals surface area contributed by atoms with E-state index < -0.39 is 389 Å². The van der Waals surface area contributed by atoms with Crippen LogP contribution in [0.2, 0.25) is 0 Å². The number of hydrogen-bond donors (Lipinski definition) is 35. The van der Waals surface area contributed by atoms with Crippen LogP contribution in [-0.2, 0) is 117 Å². The number of ether oxygens (including phenoxy) is 17. The van der Waals surface area contributed by atoms with Crippen molar-refractivity contribution in [3.05, 3.63) is 0 Å². The summed E-state index contributed by atoms with van der Waals surface area (Å²) in [7, 11) is -19.1. The van der Waals surface area contributed by atoms with Crippen LogP contribution in [0.4, 0.5) is 0 Å². The third-order valence-corrected chi connectivity index (χ3v) is 22.9. The van der Waals surface area contributed by atoms with Gasteiger partial charge in [0.15, 0.2) is 44.0 Å². The fourth-order valence-corrected chi connectivity index (χ4v) is 16.5. The fraction of sp³-hybridized carbons (Fsp3) is 0.967. The van der Waals surface area contributed by atoms with E-state index in [1.165, 1.54) is 6.92 Å². The molecule has 0 spiro atoms. The van der Waals surface area contributed by atoms with E-state index in [-0.39, 0.29) is 0 Å². The van der Waals surface area contributed by atoms with Crippen LogP contribution in [-0.4, -0.2) is 525 Å². The molecule has 0 saturated carbocycles. The number of carboxylic acid groups (broad SMARTS) is 2. The van der Waals surface area contributed by atoms with Gasteiger partial charge in [0.05, 0.1) is 77.2 Å². The summed E-state index contributed by atoms with van der Waals surface area (Å²) >= 11 is 0. The van der Waals surface area contributed by atoms with Gasteiger partial charge < -0.3 is 259 Å². The van der Waals surface area contributed by atoms with Crippen molar-refractivity contribution >= 4 is 35.4 Å². The summed E-state index contributed by atoms with van der Waals surface area (Å²) in [5, 5.41) is 307. The van der Waals surface area contributed by atoms with E-state index in [9.17, 15) is 196 Å². The zero-order valence-electron chi connectivity index (χ0n) is 63.4. The minimum Gasteiger partial charge on any atom is -0.477 e. The Morgan fingerprint density at radius 3 is 1.33 bits per heavy atom. The van der Waals surface area contributed by atoms with Crippen molar-refractivity contribution in [2.75, 3.05) is 52.9 Å². The van der Waals surface area contributed by atoms with E-state index in [1.54, 1.807) is 0 Å². The molecule has 0 aromatic rings. The summed E-state index contributed by atoms with van der Waals surface area (Å²) < 4.78 is 152. The van der Waals surface area contributed by atoms with Crippen molar-refractivity contribution < 1.29 is 290 Å². The average Bonchev–Trinajstić information content (AvgIpc) is 0.741. The lowest BCUT2D eigenvalue weighted by molar-refractivity contribution is -0.404. The van der Waals surface area contributed by atoms with E-state index >= 15 is 0 Å². The number of rotatable bonds is 36. The van der Waals surface area contributed by atoms with Crippen LogP contribution in [0, 0.1) is 0 Å². The normalized spacial score (nSPS) is 47.3. The van der Waals surface area contributed by atoms with Crippen molar-refractivity contribution in [3.8, 4) is 0 Å². The molecule has 63 heteroatoms. The van der Waals surface area contributed by atoms with Gasteiger partial charge in [0, 0.05) is 12.8 Å². The molecule has 718 valence electrons. The van der Waals surface area contributed by atoms with Crippen molar-refractivity contribution in [3.63, 3.8) is 0 Å². The first kappa shape index (κ1) is 104. The molecule has 36 N–H and O–H groups in total. The van der Waals surface area contributed by atoms with Crippen LogP contribution in [0.3, 0.4) is 0 Å². The molecule has 0 aromatic carbocycles. The molecule has 12 unspecified atom stereocenters. The lowest BCUT2D eigenvalue weighted by Crippen LogP contribution is -2.71. The molecule has 47 atom stereocenters. The second-order valence-corrected chi connectivity index (χ2v) is 33.5. The number of carboxylic acids is 2. The van der Waals surface area contributed by atoms with Crippen molar-refractivity contribution in [1.82, 2.24) is 0 Å². The molecular weight excluding hydrogens is 1770 g/mol. The van der Waals surface area contributed by atoms with Crippen molar-refractivity contribution in [2.24, 2.45) is 5.73 Å². The van der Waals surface area contributed by atoms with Gasteiger partial charge in [0.25, 0.3) is 11.6 Å². The minimum atomic E-state index is -6.57. The fourth-order valence-electron chi connectivity index (χ4n) is 14.9. The molecule has 0 aromatic heterocycles. The Kier molecular flexibility index (Phi) is 36.1. The van der Waals surface area contributed by atoms with Gasteiger partial charge in [-0.15, -0.1) is 0 Å². The van der Waals surface area contributed by atoms with Gasteiger partial charge in [-0.3, -0.25) is 13.6 Å². The average molecular weight is 1880 g/mol. The van der Waals surface area contributed by atoms with E-state index in [4.69, 9.17) is 95.3 Å². The maximum absolute atomic E-state index is 13.4. The first-order chi connectivity index (χ1) is 57.2. The highest BCUT2D eigenvalue weighted by molar-refractivity contribution is 7.46. The van der Waals surface area contributed by atoms with Gasteiger partial charge in [0.2, 0.25) is 0 Å². The molecular formula is C60H104NO59P3. The molecule has 9 heterocycles. The lowest BCUT2D eigenvalue weighted by Gasteiger charge is -2.53. The van der Waals surface area contributed by atoms with Crippen molar-refractivity contribution in [2.45, 2.75) is 307 Å². The number of carbonyl (C=O) groups is 2. The quantitative estimate of drug-likeness (QED) is 0.0259. The molecule has 0 amide bonds. The Hall–Kier alpha value is -2.49. The predicted octanol–water partition coefficient (Wildman–Crippen LogP) is -20.9. The molecule has 9 aliphatic rings. The monoisotopic (exact) mass is 1880 g/mol. The molecule has 9 saturated heterocycles. The molecule has 9 rings (SSSR count). The first-order valence-corrected chi connectivity index (χ1v) is 41.7. The molecule has 9 fully saturated rings. The predicted molar refractivity (Wildman–Crippen MR) is 365 cm³/mol. The first-order valence-electron chi connectivity index (χ1n) is 37.1. The number of aliphatic hydroxyl groups is 26. The highest BCUT2D eigenvalue weighted by Gasteiger charge is 2.66. The zero-order chi connectivity index (χ0) is 91.8. The molecule has 0 aliphatic carbocycles. The summed E-state index contributed by atoms with van der Waals surface area (Å²) in [5.74, 6) is -12.3. The van der Waals surface area contributed by atoms with Gasteiger partial charge in [-0.1, -0.05) is 0 Å². The highest BCUT2D eigenvalue weighted by Crippen LogP contribution is 2.51. The van der Waals surface area contributed by atoms with Crippen LogP contribution in [0.1, 0.15) is 19.8 Å². The third kappa shape index (κ3) is 23.8. The highest BCUT2D eigenvalue weighted by atomic mass is 31.2. The van der Waals surface area contributed by atoms with Gasteiger partial charge in [0.1, 0.15) is 208 Å². The maximum atomic E-state index is 13.4. The molecule has 60 nitrogen and oxygen atoms in total. The van der Waals surface area contributed by atoms with Crippen LogP contribution < -0.4 is 5.73 Å². The largest absolute Gasteiger partial charge is 0.477 e. The van der Waals surface area contributed by atoms with E-state index in [2.05, 4.69) is 4.52 Å². The molecule has 0 radical (unpaired) electrons. The summed E-state index contributed by atoms with van der Waals surface area (Å²) in [6.07, 6.45) is -112. The Morgan fingerprint density at radius 2 is 0.829 bits per heavy atom. The van der Waals surface area contributed by atoms with Crippen LogP contribution in [0.5, 0.6) is 0 Å². The second kappa shape index (κ2) is 42.6. The Morgan fingerprint density at radius 1 is 0.398 bits per heavy atom. The summed E-state index contributed by atoms with van der Waals surface area (Å²) in [5.41, 5.74) is 6.87.